The summed E-state index contributed by atoms with van der Waals surface area (Å²) in [4.78, 5) is 12.4. The number of aromatic nitrogens is 5. The largest absolute Gasteiger partial charge is 0.340 e. The van der Waals surface area contributed by atoms with Gasteiger partial charge in [-0.3, -0.25) is 14.8 Å². The lowest BCUT2D eigenvalue weighted by Gasteiger charge is -2.13. The average Bonchev–Trinajstić information content (AvgIpc) is 3.48. The first-order valence-electron chi connectivity index (χ1n) is 12.0. The highest BCUT2D eigenvalue weighted by Gasteiger charge is 2.19. The Bertz CT molecular complexity index is 1780. The highest BCUT2D eigenvalue weighted by molar-refractivity contribution is 8.25. The van der Waals surface area contributed by atoms with Crippen LogP contribution in [0.25, 0.3) is 39.1 Å². The van der Waals surface area contributed by atoms with E-state index in [1.807, 2.05) is 49.6 Å². The SMILES string of the molecule is C=C/C=C(/c1cc(F)cc(CNS(=C)(=C)C)c1)c1nc(-c2n[nH]c3ccc(-c4ccncc4)cc23)[nH]c1C. The number of halogens is 1. The lowest BCUT2D eigenvalue weighted by molar-refractivity contribution is 0.624. The molecule has 6 nitrogen and oxygen atoms in total. The maximum atomic E-state index is 14.7. The van der Waals surface area contributed by atoms with Gasteiger partial charge in [-0.05, 0) is 77.9 Å². The van der Waals surface area contributed by atoms with Gasteiger partial charge in [-0.15, -0.1) is 0 Å². The van der Waals surface area contributed by atoms with Crippen LogP contribution in [0.1, 0.15) is 22.5 Å². The third-order valence-electron chi connectivity index (χ3n) is 6.12. The van der Waals surface area contributed by atoms with Gasteiger partial charge in [0.25, 0.3) is 0 Å². The van der Waals surface area contributed by atoms with Crippen LogP contribution >= 0.6 is 9.39 Å². The number of aryl methyl sites for hydroxylation is 1. The van der Waals surface area contributed by atoms with E-state index in [9.17, 15) is 4.39 Å². The molecule has 0 aliphatic heterocycles. The Morgan fingerprint density at radius 3 is 2.61 bits per heavy atom. The third-order valence-corrected chi connectivity index (χ3v) is 6.96. The molecule has 192 valence electrons. The zero-order chi connectivity index (χ0) is 26.9. The normalized spacial score (nSPS) is 12.2. The van der Waals surface area contributed by atoms with E-state index in [2.05, 4.69) is 49.3 Å². The van der Waals surface area contributed by atoms with E-state index >= 15 is 0 Å². The molecule has 3 aromatic heterocycles. The molecule has 0 radical (unpaired) electrons. The summed E-state index contributed by atoms with van der Waals surface area (Å²) in [6.07, 6.45) is 9.03. The summed E-state index contributed by atoms with van der Waals surface area (Å²) in [5, 5.41) is 8.61. The van der Waals surface area contributed by atoms with E-state index in [-0.39, 0.29) is 5.82 Å². The lowest BCUT2D eigenvalue weighted by Crippen LogP contribution is -2.08. The summed E-state index contributed by atoms with van der Waals surface area (Å²) >= 11 is 0. The second-order valence-corrected chi connectivity index (χ2v) is 12.2. The first-order valence-corrected chi connectivity index (χ1v) is 14.4. The molecular weight excluding hydrogens is 495 g/mol. The predicted octanol–water partition coefficient (Wildman–Crippen LogP) is 6.38. The summed E-state index contributed by atoms with van der Waals surface area (Å²) in [6.45, 7) is 6.29. The van der Waals surface area contributed by atoms with Crippen molar-refractivity contribution in [2.75, 3.05) is 6.26 Å². The molecule has 0 spiro atoms. The number of hydrogen-bond acceptors (Lipinski definition) is 4. The van der Waals surface area contributed by atoms with Gasteiger partial charge in [0.15, 0.2) is 5.82 Å². The van der Waals surface area contributed by atoms with Gasteiger partial charge >= 0.3 is 0 Å². The average molecular weight is 525 g/mol. The Hall–Kier alpha value is -4.27. The van der Waals surface area contributed by atoms with E-state index in [1.54, 1.807) is 18.5 Å². The van der Waals surface area contributed by atoms with Gasteiger partial charge in [0.2, 0.25) is 0 Å². The lowest BCUT2D eigenvalue weighted by atomic mass is 9.98. The highest BCUT2D eigenvalue weighted by Crippen LogP contribution is 2.32. The fraction of sp³-hybridized carbons (Fsp3) is 0.100. The Balaban J connectivity index is 1.56. The summed E-state index contributed by atoms with van der Waals surface area (Å²) < 4.78 is 18.0. The molecule has 3 N–H and O–H groups in total. The highest BCUT2D eigenvalue weighted by atomic mass is 32.2. The topological polar surface area (TPSA) is 82.3 Å². The molecule has 3 heterocycles. The van der Waals surface area contributed by atoms with Crippen LogP contribution in [0, 0.1) is 12.7 Å². The van der Waals surface area contributed by atoms with E-state index in [0.29, 0.717) is 29.3 Å². The zero-order valence-corrected chi connectivity index (χ0v) is 22.2. The number of fused-ring (bicyclic) bond motifs is 1. The summed E-state index contributed by atoms with van der Waals surface area (Å²) in [6, 6.07) is 15.1. The Morgan fingerprint density at radius 1 is 1.08 bits per heavy atom. The van der Waals surface area contributed by atoms with Crippen LogP contribution in [0.3, 0.4) is 0 Å². The van der Waals surface area contributed by atoms with Crippen molar-refractivity contribution in [2.45, 2.75) is 13.5 Å². The molecule has 0 saturated heterocycles. The van der Waals surface area contributed by atoms with Gasteiger partial charge < -0.3 is 4.98 Å². The van der Waals surface area contributed by atoms with E-state index in [4.69, 9.17) is 4.98 Å². The van der Waals surface area contributed by atoms with Crippen molar-refractivity contribution in [3.8, 4) is 22.6 Å². The molecule has 0 saturated carbocycles. The van der Waals surface area contributed by atoms with Crippen LogP contribution in [0.2, 0.25) is 0 Å². The van der Waals surface area contributed by atoms with Gasteiger partial charge in [-0.2, -0.15) is 14.5 Å². The first-order chi connectivity index (χ1) is 18.2. The van der Waals surface area contributed by atoms with Gasteiger partial charge in [0, 0.05) is 35.6 Å². The van der Waals surface area contributed by atoms with Crippen LogP contribution in [0.4, 0.5) is 4.39 Å². The molecule has 0 aliphatic rings. The van der Waals surface area contributed by atoms with Gasteiger partial charge in [0.1, 0.15) is 11.5 Å². The van der Waals surface area contributed by atoms with Crippen molar-refractivity contribution in [3.63, 3.8) is 0 Å². The number of aromatic amines is 2. The van der Waals surface area contributed by atoms with E-state index in [1.165, 1.54) is 12.1 Å². The molecule has 8 heteroatoms. The van der Waals surface area contributed by atoms with Crippen LogP contribution in [-0.4, -0.2) is 43.1 Å². The van der Waals surface area contributed by atoms with E-state index < -0.39 is 9.39 Å². The number of nitrogens with one attached hydrogen (secondary N) is 3. The number of allylic oxidation sites excluding steroid dienone is 2. The molecule has 0 atom stereocenters. The molecule has 38 heavy (non-hydrogen) atoms. The summed E-state index contributed by atoms with van der Waals surface area (Å²) in [5.74, 6) is 8.38. The van der Waals surface area contributed by atoms with Gasteiger partial charge in [0.05, 0.1) is 11.2 Å². The number of benzene rings is 2. The summed E-state index contributed by atoms with van der Waals surface area (Å²) in [7, 11) is -1.43. The van der Waals surface area contributed by atoms with Crippen molar-refractivity contribution < 1.29 is 4.39 Å². The molecule has 5 rings (SSSR count). The predicted molar refractivity (Wildman–Crippen MR) is 160 cm³/mol. The van der Waals surface area contributed by atoms with Gasteiger partial charge in [-0.25, -0.2) is 9.37 Å². The quantitative estimate of drug-likeness (QED) is 0.162. The number of H-pyrrole nitrogens is 2. The minimum Gasteiger partial charge on any atom is -0.340 e. The van der Waals surface area contributed by atoms with Crippen LogP contribution in [-0.2, 0) is 6.54 Å². The Labute approximate surface area is 222 Å². The van der Waals surface area contributed by atoms with Crippen LogP contribution in [0.5, 0.6) is 0 Å². The Morgan fingerprint density at radius 2 is 1.87 bits per heavy atom. The second kappa shape index (κ2) is 10.2. The minimum atomic E-state index is -1.43. The second-order valence-electron chi connectivity index (χ2n) is 9.39. The molecular formula is C30H29FN6S. The molecule has 5 aromatic rings. The maximum absolute atomic E-state index is 14.7. The molecule has 0 bridgehead atoms. The molecule has 0 fully saturated rings. The zero-order valence-electron chi connectivity index (χ0n) is 21.4. The number of nitrogens with zero attached hydrogens (tertiary/aromatic N) is 3. The van der Waals surface area contributed by atoms with Crippen molar-refractivity contribution in [2.24, 2.45) is 0 Å². The molecule has 0 aliphatic carbocycles. The maximum Gasteiger partial charge on any atom is 0.159 e. The fourth-order valence-corrected chi connectivity index (χ4v) is 4.86. The monoisotopic (exact) mass is 524 g/mol. The smallest absolute Gasteiger partial charge is 0.159 e. The third kappa shape index (κ3) is 5.37. The van der Waals surface area contributed by atoms with Gasteiger partial charge in [-0.1, -0.05) is 36.5 Å². The standard InChI is InChI=1S/C30H29FN6S/c1-6-7-25(23-14-20(15-24(31)16-23)18-33-38(3,4)5)28-19(2)34-30(35-28)29-26-17-22(8-9-27(26)36-37-29)21-10-12-32-13-11-21/h6-17,33H,1,3-4,18H2,2,5H3,(H,34,35)(H,36,37)/b25-7-. The van der Waals surface area contributed by atoms with Crippen molar-refractivity contribution in [3.05, 3.63) is 108 Å². The molecule has 2 aromatic carbocycles. The van der Waals surface area contributed by atoms with E-state index in [0.717, 1.165) is 38.9 Å². The number of imidazole rings is 1. The number of hydrogen-bond donors (Lipinski definition) is 3. The molecule has 0 amide bonds. The fourth-order valence-electron chi connectivity index (χ4n) is 4.35. The minimum absolute atomic E-state index is 0.325. The molecule has 0 unspecified atom stereocenters. The number of rotatable bonds is 8. The van der Waals surface area contributed by atoms with Crippen molar-refractivity contribution in [1.82, 2.24) is 29.9 Å². The number of pyridine rings is 1. The Kier molecular flexibility index (Phi) is 6.84. The van der Waals surface area contributed by atoms with Crippen molar-refractivity contribution >= 4 is 37.6 Å². The first kappa shape index (κ1) is 25.4. The van der Waals surface area contributed by atoms with Crippen molar-refractivity contribution in [1.29, 1.82) is 0 Å². The summed E-state index contributed by atoms with van der Waals surface area (Å²) in [5.41, 5.74) is 7.55. The van der Waals surface area contributed by atoms with Crippen LogP contribution in [0.15, 0.2) is 79.7 Å². The van der Waals surface area contributed by atoms with Crippen LogP contribution < -0.4 is 4.72 Å².